The second kappa shape index (κ2) is 11.0. The molecule has 12 heteroatoms. The van der Waals surface area contributed by atoms with Crippen LogP contribution in [-0.2, 0) is 0 Å². The Labute approximate surface area is 215 Å². The van der Waals surface area contributed by atoms with Crippen molar-refractivity contribution in [3.8, 4) is 17.2 Å². The summed E-state index contributed by atoms with van der Waals surface area (Å²) in [6.45, 7) is 0.628. The minimum atomic E-state index is -2.18. The third-order valence-electron chi connectivity index (χ3n) is 6.20. The normalized spacial score (nSPS) is 13.4. The number of halogens is 5. The molecule has 0 aromatic heterocycles. The van der Waals surface area contributed by atoms with Crippen molar-refractivity contribution in [3.63, 3.8) is 0 Å². The number of piperazine rings is 1. The van der Waals surface area contributed by atoms with Gasteiger partial charge in [0.15, 0.2) is 34.8 Å². The molecule has 1 fully saturated rings. The lowest BCUT2D eigenvalue weighted by Crippen LogP contribution is -2.47. The maximum atomic E-state index is 14.2. The molecule has 0 bridgehead atoms. The Bertz CT molecular complexity index is 1290. The Morgan fingerprint density at radius 2 is 1.18 bits per heavy atom. The first-order valence-corrected chi connectivity index (χ1v) is 11.4. The van der Waals surface area contributed by atoms with Crippen LogP contribution in [0.3, 0.4) is 0 Å². The van der Waals surface area contributed by atoms with E-state index in [0.717, 1.165) is 10.6 Å². The van der Waals surface area contributed by atoms with Gasteiger partial charge in [-0.3, -0.25) is 4.79 Å². The number of nitrogens with one attached hydrogen (secondary N) is 1. The summed E-state index contributed by atoms with van der Waals surface area (Å²) >= 11 is 0. The molecule has 7 nitrogen and oxygen atoms in total. The number of methoxy groups -OCH3 is 3. The highest BCUT2D eigenvalue weighted by Gasteiger charge is 2.30. The molecule has 1 N–H and O–H groups in total. The molecular formula is C26H24F5N3O4. The van der Waals surface area contributed by atoms with Crippen molar-refractivity contribution >= 4 is 23.0 Å². The van der Waals surface area contributed by atoms with Crippen molar-refractivity contribution in [2.75, 3.05) is 62.6 Å². The molecule has 0 saturated carbocycles. The third kappa shape index (κ3) is 4.98. The van der Waals surface area contributed by atoms with Crippen molar-refractivity contribution < 1.29 is 41.0 Å². The zero-order chi connectivity index (χ0) is 27.6. The van der Waals surface area contributed by atoms with Crippen molar-refractivity contribution in [2.24, 2.45) is 0 Å². The van der Waals surface area contributed by atoms with E-state index in [4.69, 9.17) is 14.2 Å². The van der Waals surface area contributed by atoms with Crippen molar-refractivity contribution in [2.45, 2.75) is 0 Å². The lowest BCUT2D eigenvalue weighted by Gasteiger charge is -2.37. The van der Waals surface area contributed by atoms with Gasteiger partial charge in [0, 0.05) is 43.1 Å². The third-order valence-corrected chi connectivity index (χ3v) is 6.20. The summed E-state index contributed by atoms with van der Waals surface area (Å²) in [6.07, 6.45) is 0. The molecule has 38 heavy (non-hydrogen) atoms. The van der Waals surface area contributed by atoms with Crippen molar-refractivity contribution in [1.29, 1.82) is 0 Å². The van der Waals surface area contributed by atoms with Crippen LogP contribution in [0, 0.1) is 29.1 Å². The molecule has 1 amide bonds. The maximum absolute atomic E-state index is 14.2. The van der Waals surface area contributed by atoms with Gasteiger partial charge in [0.25, 0.3) is 5.91 Å². The molecule has 1 aliphatic heterocycles. The number of nitrogens with zero attached hydrogens (tertiary/aromatic N) is 2. The number of rotatable bonds is 7. The van der Waals surface area contributed by atoms with Gasteiger partial charge in [0.1, 0.15) is 5.69 Å². The van der Waals surface area contributed by atoms with E-state index in [9.17, 15) is 26.7 Å². The molecule has 4 rings (SSSR count). The van der Waals surface area contributed by atoms with E-state index < -0.39 is 40.7 Å². The van der Waals surface area contributed by atoms with Crippen molar-refractivity contribution in [1.82, 2.24) is 0 Å². The number of carbonyl (C=O) groups is 1. The van der Waals surface area contributed by atoms with Crippen LogP contribution in [0.25, 0.3) is 0 Å². The van der Waals surface area contributed by atoms with Crippen LogP contribution in [0.5, 0.6) is 17.2 Å². The molecule has 0 unspecified atom stereocenters. The van der Waals surface area contributed by atoms with E-state index in [2.05, 4.69) is 5.32 Å². The zero-order valence-electron chi connectivity index (χ0n) is 20.7. The molecule has 202 valence electrons. The van der Waals surface area contributed by atoms with Gasteiger partial charge in [-0.15, -0.1) is 0 Å². The van der Waals surface area contributed by atoms with E-state index in [1.165, 1.54) is 33.5 Å². The summed E-state index contributed by atoms with van der Waals surface area (Å²) in [5.74, 6) is -9.20. The second-order valence-electron chi connectivity index (χ2n) is 8.31. The first-order chi connectivity index (χ1) is 18.2. The summed E-state index contributed by atoms with van der Waals surface area (Å²) in [5, 5.41) is 2.78. The Morgan fingerprint density at radius 1 is 0.711 bits per heavy atom. The second-order valence-corrected chi connectivity index (χ2v) is 8.31. The van der Waals surface area contributed by atoms with Crippen LogP contribution in [-0.4, -0.2) is 53.4 Å². The fraction of sp³-hybridized carbons (Fsp3) is 0.269. The molecule has 0 spiro atoms. The smallest absolute Gasteiger partial charge is 0.255 e. The number of benzene rings is 3. The molecular weight excluding hydrogens is 513 g/mol. The van der Waals surface area contributed by atoms with Gasteiger partial charge in [-0.1, -0.05) is 0 Å². The van der Waals surface area contributed by atoms with E-state index in [1.54, 1.807) is 24.3 Å². The summed E-state index contributed by atoms with van der Waals surface area (Å²) in [4.78, 5) is 15.8. The Hall–Kier alpha value is -4.22. The van der Waals surface area contributed by atoms with Gasteiger partial charge < -0.3 is 29.3 Å². The number of ether oxygens (including phenoxy) is 3. The van der Waals surface area contributed by atoms with Crippen LogP contribution < -0.4 is 29.3 Å². The highest BCUT2D eigenvalue weighted by Crippen LogP contribution is 2.38. The maximum Gasteiger partial charge on any atom is 0.255 e. The lowest BCUT2D eigenvalue weighted by molar-refractivity contribution is 0.102. The predicted molar refractivity (Wildman–Crippen MR) is 131 cm³/mol. The predicted octanol–water partition coefficient (Wildman–Crippen LogP) is 4.99. The van der Waals surface area contributed by atoms with E-state index >= 15 is 0 Å². The molecule has 1 saturated heterocycles. The Balaban J connectivity index is 1.43. The van der Waals surface area contributed by atoms with E-state index in [0.29, 0.717) is 22.9 Å². The average Bonchev–Trinajstić information content (AvgIpc) is 2.95. The fourth-order valence-electron chi connectivity index (χ4n) is 4.23. The van der Waals surface area contributed by atoms with Crippen LogP contribution in [0.2, 0.25) is 0 Å². The van der Waals surface area contributed by atoms with Gasteiger partial charge >= 0.3 is 0 Å². The first-order valence-electron chi connectivity index (χ1n) is 11.4. The molecule has 1 aliphatic rings. The standard InChI is InChI=1S/C26H24F5N3O4/c1-36-17-12-14(13-18(37-2)25(17)38-3)26(35)32-15-4-6-16(7-5-15)33-8-10-34(11-9-33)24-22(30)20(28)19(27)21(29)23(24)31/h4-7,12-13H,8-11H2,1-3H3,(H,32,35). The Morgan fingerprint density at radius 3 is 1.66 bits per heavy atom. The SMILES string of the molecule is COc1cc(C(=O)Nc2ccc(N3CCN(c4c(F)c(F)c(F)c(F)c4F)CC3)cc2)cc(OC)c1OC. The number of anilines is 3. The quantitative estimate of drug-likeness (QED) is 0.261. The monoisotopic (exact) mass is 537 g/mol. The summed E-state index contributed by atoms with van der Waals surface area (Å²) < 4.78 is 84.7. The van der Waals surface area contributed by atoms with Gasteiger partial charge in [0.05, 0.1) is 21.3 Å². The summed E-state index contributed by atoms with van der Waals surface area (Å²) in [7, 11) is 4.35. The van der Waals surface area contributed by atoms with E-state index in [-0.39, 0.29) is 31.7 Å². The molecule has 3 aromatic rings. The molecule has 0 atom stereocenters. The molecule has 0 radical (unpaired) electrons. The van der Waals surface area contributed by atoms with Crippen LogP contribution >= 0.6 is 0 Å². The fourth-order valence-corrected chi connectivity index (χ4v) is 4.23. The average molecular weight is 537 g/mol. The van der Waals surface area contributed by atoms with Gasteiger partial charge in [0.2, 0.25) is 11.6 Å². The highest BCUT2D eigenvalue weighted by atomic mass is 19.2. The molecule has 1 heterocycles. The minimum absolute atomic E-state index is 0.0397. The molecule has 0 aliphatic carbocycles. The lowest BCUT2D eigenvalue weighted by atomic mass is 10.1. The topological polar surface area (TPSA) is 63.3 Å². The number of amides is 1. The first kappa shape index (κ1) is 26.8. The van der Waals surface area contributed by atoms with Crippen molar-refractivity contribution in [3.05, 3.63) is 71.0 Å². The zero-order valence-corrected chi connectivity index (χ0v) is 20.7. The largest absolute Gasteiger partial charge is 0.493 e. The number of carbonyl (C=O) groups excluding carboxylic acids is 1. The van der Waals surface area contributed by atoms with Crippen LogP contribution in [0.1, 0.15) is 10.4 Å². The van der Waals surface area contributed by atoms with Gasteiger partial charge in [-0.25, -0.2) is 22.0 Å². The van der Waals surface area contributed by atoms with E-state index in [1.807, 2.05) is 4.90 Å². The van der Waals surface area contributed by atoms with Crippen LogP contribution in [0.4, 0.5) is 39.0 Å². The minimum Gasteiger partial charge on any atom is -0.493 e. The van der Waals surface area contributed by atoms with Gasteiger partial charge in [-0.05, 0) is 36.4 Å². The molecule has 3 aromatic carbocycles. The number of hydrogen-bond acceptors (Lipinski definition) is 6. The summed E-state index contributed by atoms with van der Waals surface area (Å²) in [5.41, 5.74) is 0.624. The highest BCUT2D eigenvalue weighted by molar-refractivity contribution is 6.05. The van der Waals surface area contributed by atoms with Gasteiger partial charge in [-0.2, -0.15) is 0 Å². The summed E-state index contributed by atoms with van der Waals surface area (Å²) in [6, 6.07) is 9.91. The Kier molecular flexibility index (Phi) is 7.79. The van der Waals surface area contributed by atoms with Crippen LogP contribution in [0.15, 0.2) is 36.4 Å². The number of hydrogen-bond donors (Lipinski definition) is 1.